The van der Waals surface area contributed by atoms with Crippen LogP contribution in [0.3, 0.4) is 0 Å². The van der Waals surface area contributed by atoms with E-state index < -0.39 is 5.91 Å². The SMILES string of the molecule is NC(=O)c1cc(-n2cccc2)ccc1Br. The van der Waals surface area contributed by atoms with Crippen LogP contribution in [0.2, 0.25) is 0 Å². The molecule has 1 aromatic heterocycles. The Morgan fingerprint density at radius 3 is 2.53 bits per heavy atom. The van der Waals surface area contributed by atoms with Gasteiger partial charge in [-0.3, -0.25) is 4.79 Å². The number of primary amides is 1. The molecule has 0 bridgehead atoms. The van der Waals surface area contributed by atoms with Crippen molar-refractivity contribution in [3.8, 4) is 5.69 Å². The van der Waals surface area contributed by atoms with Gasteiger partial charge in [-0.1, -0.05) is 0 Å². The van der Waals surface area contributed by atoms with E-state index in [2.05, 4.69) is 15.9 Å². The van der Waals surface area contributed by atoms with Crippen molar-refractivity contribution < 1.29 is 4.79 Å². The molecule has 0 aliphatic rings. The van der Waals surface area contributed by atoms with Crippen LogP contribution in [0.5, 0.6) is 0 Å². The Balaban J connectivity index is 2.52. The maximum atomic E-state index is 11.1. The monoisotopic (exact) mass is 264 g/mol. The molecule has 3 nitrogen and oxygen atoms in total. The topological polar surface area (TPSA) is 48.0 Å². The minimum Gasteiger partial charge on any atom is -0.366 e. The Labute approximate surface area is 95.6 Å². The zero-order valence-electron chi connectivity index (χ0n) is 7.85. The first kappa shape index (κ1) is 9.98. The van der Waals surface area contributed by atoms with Gasteiger partial charge in [0.15, 0.2) is 0 Å². The smallest absolute Gasteiger partial charge is 0.249 e. The van der Waals surface area contributed by atoms with E-state index in [9.17, 15) is 4.79 Å². The second kappa shape index (κ2) is 3.90. The van der Waals surface area contributed by atoms with Crippen molar-refractivity contribution in [3.05, 3.63) is 52.8 Å². The van der Waals surface area contributed by atoms with Crippen molar-refractivity contribution >= 4 is 21.8 Å². The van der Waals surface area contributed by atoms with E-state index in [0.29, 0.717) is 10.0 Å². The van der Waals surface area contributed by atoms with Gasteiger partial charge in [0.2, 0.25) is 5.91 Å². The minimum absolute atomic E-state index is 0.434. The van der Waals surface area contributed by atoms with Gasteiger partial charge in [-0.05, 0) is 46.3 Å². The molecule has 1 amide bonds. The van der Waals surface area contributed by atoms with Crippen LogP contribution in [-0.4, -0.2) is 10.5 Å². The third kappa shape index (κ3) is 1.94. The Bertz CT molecular complexity index is 491. The molecule has 1 heterocycles. The predicted molar refractivity (Wildman–Crippen MR) is 62.0 cm³/mol. The molecule has 15 heavy (non-hydrogen) atoms. The Hall–Kier alpha value is -1.55. The van der Waals surface area contributed by atoms with Crippen LogP contribution in [0, 0.1) is 0 Å². The zero-order chi connectivity index (χ0) is 10.8. The Kier molecular flexibility index (Phi) is 2.60. The average molecular weight is 265 g/mol. The summed E-state index contributed by atoms with van der Waals surface area (Å²) in [5.74, 6) is -0.434. The summed E-state index contributed by atoms with van der Waals surface area (Å²) in [4.78, 5) is 11.1. The molecule has 0 spiro atoms. The summed E-state index contributed by atoms with van der Waals surface area (Å²) in [5, 5.41) is 0. The molecule has 0 fully saturated rings. The van der Waals surface area contributed by atoms with Crippen LogP contribution in [0.15, 0.2) is 47.2 Å². The van der Waals surface area contributed by atoms with E-state index in [1.54, 1.807) is 6.07 Å². The standard InChI is InChI=1S/C11H9BrN2O/c12-10-4-3-8(7-9(10)11(13)15)14-5-1-2-6-14/h1-7H,(H2,13,15). The first-order valence-electron chi connectivity index (χ1n) is 4.41. The fourth-order valence-electron chi connectivity index (χ4n) is 1.37. The van der Waals surface area contributed by atoms with Crippen molar-refractivity contribution in [1.29, 1.82) is 0 Å². The molecule has 76 valence electrons. The largest absolute Gasteiger partial charge is 0.366 e. The maximum absolute atomic E-state index is 11.1. The molecule has 0 aliphatic carbocycles. The van der Waals surface area contributed by atoms with Gasteiger partial charge in [-0.15, -0.1) is 0 Å². The highest BCUT2D eigenvalue weighted by Gasteiger charge is 2.07. The van der Waals surface area contributed by atoms with Crippen LogP contribution in [-0.2, 0) is 0 Å². The second-order valence-electron chi connectivity index (χ2n) is 3.12. The predicted octanol–water partition coefficient (Wildman–Crippen LogP) is 2.34. The third-order valence-corrected chi connectivity index (χ3v) is 2.81. The first-order valence-corrected chi connectivity index (χ1v) is 5.20. The number of amides is 1. The third-order valence-electron chi connectivity index (χ3n) is 2.12. The Morgan fingerprint density at radius 1 is 1.27 bits per heavy atom. The molecule has 0 saturated heterocycles. The Morgan fingerprint density at radius 2 is 1.93 bits per heavy atom. The molecule has 0 atom stereocenters. The number of carbonyl (C=O) groups excluding carboxylic acids is 1. The second-order valence-corrected chi connectivity index (χ2v) is 3.97. The van der Waals surface area contributed by atoms with E-state index >= 15 is 0 Å². The molecule has 0 saturated carbocycles. The van der Waals surface area contributed by atoms with Gasteiger partial charge in [-0.2, -0.15) is 0 Å². The average Bonchev–Trinajstić information content (AvgIpc) is 2.71. The summed E-state index contributed by atoms with van der Waals surface area (Å²) < 4.78 is 2.63. The quantitative estimate of drug-likeness (QED) is 0.890. The number of rotatable bonds is 2. The van der Waals surface area contributed by atoms with E-state index in [4.69, 9.17) is 5.73 Å². The summed E-state index contributed by atoms with van der Waals surface area (Å²) >= 11 is 3.28. The highest BCUT2D eigenvalue weighted by Crippen LogP contribution is 2.20. The van der Waals surface area contributed by atoms with E-state index in [1.807, 2.05) is 41.2 Å². The molecule has 4 heteroatoms. The van der Waals surface area contributed by atoms with E-state index in [1.165, 1.54) is 0 Å². The van der Waals surface area contributed by atoms with Gasteiger partial charge in [0, 0.05) is 22.6 Å². The van der Waals surface area contributed by atoms with Gasteiger partial charge >= 0.3 is 0 Å². The number of hydrogen-bond donors (Lipinski definition) is 1. The lowest BCUT2D eigenvalue weighted by molar-refractivity contribution is 0.0999. The van der Waals surface area contributed by atoms with Crippen molar-refractivity contribution in [2.24, 2.45) is 5.73 Å². The molecule has 2 rings (SSSR count). The normalized spacial score (nSPS) is 10.2. The number of nitrogens with zero attached hydrogens (tertiary/aromatic N) is 1. The summed E-state index contributed by atoms with van der Waals surface area (Å²) in [6.07, 6.45) is 3.82. The lowest BCUT2D eigenvalue weighted by atomic mass is 10.2. The van der Waals surface area contributed by atoms with Crippen molar-refractivity contribution in [2.75, 3.05) is 0 Å². The highest BCUT2D eigenvalue weighted by atomic mass is 79.9. The highest BCUT2D eigenvalue weighted by molar-refractivity contribution is 9.10. The number of aromatic nitrogens is 1. The summed E-state index contributed by atoms with van der Waals surface area (Å²) in [5.41, 5.74) is 6.66. The summed E-state index contributed by atoms with van der Waals surface area (Å²) in [6.45, 7) is 0. The summed E-state index contributed by atoms with van der Waals surface area (Å²) in [6, 6.07) is 9.33. The van der Waals surface area contributed by atoms with Crippen molar-refractivity contribution in [1.82, 2.24) is 4.57 Å². The molecule has 0 aliphatic heterocycles. The molecule has 0 unspecified atom stereocenters. The molecule has 2 aromatic rings. The molecule has 0 radical (unpaired) electrons. The molecule has 2 N–H and O–H groups in total. The van der Waals surface area contributed by atoms with E-state index in [0.717, 1.165) is 5.69 Å². The number of nitrogens with two attached hydrogens (primary N) is 1. The van der Waals surface area contributed by atoms with Crippen LogP contribution in [0.25, 0.3) is 5.69 Å². The van der Waals surface area contributed by atoms with E-state index in [-0.39, 0.29) is 0 Å². The fraction of sp³-hybridized carbons (Fsp3) is 0. The number of halogens is 1. The van der Waals surface area contributed by atoms with Crippen LogP contribution < -0.4 is 5.73 Å². The minimum atomic E-state index is -0.434. The molecule has 1 aromatic carbocycles. The van der Waals surface area contributed by atoms with Gasteiger partial charge in [0.05, 0.1) is 5.56 Å². The first-order chi connectivity index (χ1) is 7.18. The van der Waals surface area contributed by atoms with Gasteiger partial charge in [0.25, 0.3) is 0 Å². The van der Waals surface area contributed by atoms with Crippen LogP contribution in [0.1, 0.15) is 10.4 Å². The van der Waals surface area contributed by atoms with Gasteiger partial charge in [0.1, 0.15) is 0 Å². The molecular weight excluding hydrogens is 256 g/mol. The van der Waals surface area contributed by atoms with Gasteiger partial charge in [-0.25, -0.2) is 0 Å². The zero-order valence-corrected chi connectivity index (χ0v) is 9.44. The lowest BCUT2D eigenvalue weighted by Crippen LogP contribution is -2.12. The number of benzene rings is 1. The fourth-order valence-corrected chi connectivity index (χ4v) is 1.81. The van der Waals surface area contributed by atoms with Crippen LogP contribution >= 0.6 is 15.9 Å². The van der Waals surface area contributed by atoms with Crippen LogP contribution in [0.4, 0.5) is 0 Å². The summed E-state index contributed by atoms with van der Waals surface area (Å²) in [7, 11) is 0. The molecular formula is C11H9BrN2O. The maximum Gasteiger partial charge on any atom is 0.249 e. The number of carbonyl (C=O) groups is 1. The number of hydrogen-bond acceptors (Lipinski definition) is 1. The van der Waals surface area contributed by atoms with Gasteiger partial charge < -0.3 is 10.3 Å². The van der Waals surface area contributed by atoms with Crippen molar-refractivity contribution in [2.45, 2.75) is 0 Å². The van der Waals surface area contributed by atoms with Crippen molar-refractivity contribution in [3.63, 3.8) is 0 Å². The lowest BCUT2D eigenvalue weighted by Gasteiger charge is -2.06.